The van der Waals surface area contributed by atoms with Crippen molar-refractivity contribution in [2.24, 2.45) is 5.92 Å². The fraction of sp³-hybridized carbons (Fsp3) is 0.444. The predicted octanol–water partition coefficient (Wildman–Crippen LogP) is 2.42. The third kappa shape index (κ3) is 5.61. The van der Waals surface area contributed by atoms with Crippen LogP contribution in [0.1, 0.15) is 25.8 Å². The highest BCUT2D eigenvalue weighted by Gasteiger charge is 2.25. The first-order chi connectivity index (χ1) is 11.4. The molecule has 0 aliphatic rings. The molecule has 0 fully saturated rings. The molecule has 1 aromatic rings. The van der Waals surface area contributed by atoms with Gasteiger partial charge in [0, 0.05) is 0 Å². The summed E-state index contributed by atoms with van der Waals surface area (Å²) in [5.41, 5.74) is 1.02. The van der Waals surface area contributed by atoms with Crippen molar-refractivity contribution in [3.8, 4) is 11.5 Å². The van der Waals surface area contributed by atoms with Gasteiger partial charge in [-0.25, -0.2) is 4.79 Å². The minimum absolute atomic E-state index is 0.167. The highest BCUT2D eigenvalue weighted by atomic mass is 16.5. The van der Waals surface area contributed by atoms with Crippen LogP contribution in [-0.4, -0.2) is 36.7 Å². The van der Waals surface area contributed by atoms with Crippen LogP contribution in [0.25, 0.3) is 0 Å². The van der Waals surface area contributed by atoms with Crippen LogP contribution in [-0.2, 0) is 16.0 Å². The Balaban J connectivity index is 2.69. The average molecular weight is 335 g/mol. The molecule has 0 heterocycles. The molecule has 6 nitrogen and oxygen atoms in total. The van der Waals surface area contributed by atoms with Gasteiger partial charge in [0.25, 0.3) is 5.91 Å². The molecular formula is C18H25NO5. The number of carboxylic acids is 1. The van der Waals surface area contributed by atoms with Crippen LogP contribution in [0.5, 0.6) is 11.5 Å². The van der Waals surface area contributed by atoms with E-state index in [9.17, 15) is 14.7 Å². The van der Waals surface area contributed by atoms with E-state index in [4.69, 9.17) is 9.47 Å². The number of methoxy groups -OCH3 is 1. The maximum Gasteiger partial charge on any atom is 0.326 e. The number of amides is 1. The number of ether oxygens (including phenoxy) is 2. The number of hydrogen-bond acceptors (Lipinski definition) is 4. The van der Waals surface area contributed by atoms with E-state index >= 15 is 0 Å². The zero-order valence-corrected chi connectivity index (χ0v) is 14.4. The van der Waals surface area contributed by atoms with E-state index in [1.54, 1.807) is 19.1 Å². The Morgan fingerprint density at radius 3 is 2.62 bits per heavy atom. The van der Waals surface area contributed by atoms with Crippen molar-refractivity contribution < 1.29 is 24.2 Å². The fourth-order valence-electron chi connectivity index (χ4n) is 2.17. The second-order valence-corrected chi connectivity index (χ2v) is 5.54. The molecule has 6 heteroatoms. The SMILES string of the molecule is C=CCc1ccc(OCC(=O)NC(C(=O)O)C(C)CC)c(OC)c1. The average Bonchev–Trinajstić information content (AvgIpc) is 2.57. The summed E-state index contributed by atoms with van der Waals surface area (Å²) < 4.78 is 10.7. The Bertz CT molecular complexity index is 585. The van der Waals surface area contributed by atoms with Gasteiger partial charge < -0.3 is 19.9 Å². The summed E-state index contributed by atoms with van der Waals surface area (Å²) in [6, 6.07) is 4.46. The van der Waals surface area contributed by atoms with Crippen molar-refractivity contribution in [2.75, 3.05) is 13.7 Å². The van der Waals surface area contributed by atoms with Crippen LogP contribution in [0.4, 0.5) is 0 Å². The van der Waals surface area contributed by atoms with Gasteiger partial charge >= 0.3 is 5.97 Å². The number of benzene rings is 1. The lowest BCUT2D eigenvalue weighted by Gasteiger charge is -2.20. The third-order valence-electron chi connectivity index (χ3n) is 3.76. The highest BCUT2D eigenvalue weighted by Crippen LogP contribution is 2.28. The van der Waals surface area contributed by atoms with Crippen LogP contribution in [0, 0.1) is 5.92 Å². The summed E-state index contributed by atoms with van der Waals surface area (Å²) in [6.45, 7) is 7.06. The second kappa shape index (κ2) is 9.60. The van der Waals surface area contributed by atoms with Crippen molar-refractivity contribution >= 4 is 11.9 Å². The molecule has 0 aliphatic carbocycles. The second-order valence-electron chi connectivity index (χ2n) is 5.54. The summed E-state index contributed by atoms with van der Waals surface area (Å²) >= 11 is 0. The van der Waals surface area contributed by atoms with E-state index < -0.39 is 17.9 Å². The number of nitrogens with one attached hydrogen (secondary N) is 1. The van der Waals surface area contributed by atoms with E-state index in [2.05, 4.69) is 11.9 Å². The zero-order valence-electron chi connectivity index (χ0n) is 14.4. The van der Waals surface area contributed by atoms with Crippen molar-refractivity contribution in [3.05, 3.63) is 36.4 Å². The Hall–Kier alpha value is -2.50. The number of rotatable bonds is 10. The summed E-state index contributed by atoms with van der Waals surface area (Å²) in [5, 5.41) is 11.7. The first-order valence-electron chi connectivity index (χ1n) is 7.85. The van der Waals surface area contributed by atoms with E-state index in [0.29, 0.717) is 24.3 Å². The van der Waals surface area contributed by atoms with Crippen LogP contribution in [0.15, 0.2) is 30.9 Å². The maximum atomic E-state index is 12.0. The highest BCUT2D eigenvalue weighted by molar-refractivity contribution is 5.84. The molecule has 0 radical (unpaired) electrons. The van der Waals surface area contributed by atoms with Crippen molar-refractivity contribution in [2.45, 2.75) is 32.7 Å². The minimum atomic E-state index is -1.05. The van der Waals surface area contributed by atoms with E-state index in [0.717, 1.165) is 5.56 Å². The summed E-state index contributed by atoms with van der Waals surface area (Å²) in [5.74, 6) is -0.766. The van der Waals surface area contributed by atoms with Gasteiger partial charge in [-0.1, -0.05) is 32.4 Å². The fourth-order valence-corrected chi connectivity index (χ4v) is 2.17. The van der Waals surface area contributed by atoms with E-state index in [1.165, 1.54) is 7.11 Å². The van der Waals surface area contributed by atoms with Crippen molar-refractivity contribution in [1.29, 1.82) is 0 Å². The van der Waals surface area contributed by atoms with Crippen LogP contribution >= 0.6 is 0 Å². The first-order valence-corrected chi connectivity index (χ1v) is 7.85. The molecule has 2 unspecified atom stereocenters. The molecule has 0 bridgehead atoms. The lowest BCUT2D eigenvalue weighted by Crippen LogP contribution is -2.46. The smallest absolute Gasteiger partial charge is 0.326 e. The molecule has 1 rings (SSSR count). The van der Waals surface area contributed by atoms with Gasteiger partial charge in [0.1, 0.15) is 6.04 Å². The Morgan fingerprint density at radius 2 is 2.08 bits per heavy atom. The molecule has 24 heavy (non-hydrogen) atoms. The molecule has 1 aromatic carbocycles. The van der Waals surface area contributed by atoms with Gasteiger partial charge in [0.2, 0.25) is 0 Å². The van der Waals surface area contributed by atoms with Gasteiger partial charge in [-0.3, -0.25) is 4.79 Å². The van der Waals surface area contributed by atoms with Gasteiger partial charge in [-0.05, 0) is 30.0 Å². The standard InChI is InChI=1S/C18H25NO5/c1-5-7-13-8-9-14(15(10-13)23-4)24-11-16(20)19-17(18(21)22)12(3)6-2/h5,8-10,12,17H,1,6-7,11H2,2-4H3,(H,19,20)(H,21,22). The molecular weight excluding hydrogens is 310 g/mol. The molecule has 0 spiro atoms. The largest absolute Gasteiger partial charge is 0.493 e. The third-order valence-corrected chi connectivity index (χ3v) is 3.76. The quantitative estimate of drug-likeness (QED) is 0.642. The normalized spacial score (nSPS) is 12.8. The van der Waals surface area contributed by atoms with Crippen molar-refractivity contribution in [1.82, 2.24) is 5.32 Å². The molecule has 2 N–H and O–H groups in total. The number of hydrogen-bond donors (Lipinski definition) is 2. The number of aliphatic carboxylic acids is 1. The molecule has 0 aromatic heterocycles. The summed E-state index contributed by atoms with van der Waals surface area (Å²) in [7, 11) is 1.52. The lowest BCUT2D eigenvalue weighted by atomic mass is 9.99. The Kier molecular flexibility index (Phi) is 7.82. The molecule has 0 aliphatic heterocycles. The first kappa shape index (κ1) is 19.5. The van der Waals surface area contributed by atoms with Crippen molar-refractivity contribution in [3.63, 3.8) is 0 Å². The van der Waals surface area contributed by atoms with Gasteiger partial charge in [0.05, 0.1) is 7.11 Å². The summed E-state index contributed by atoms with van der Waals surface area (Å²) in [6.07, 6.45) is 3.13. The molecule has 0 saturated carbocycles. The topological polar surface area (TPSA) is 84.9 Å². The van der Waals surface area contributed by atoms with Crippen LogP contribution in [0.2, 0.25) is 0 Å². The monoisotopic (exact) mass is 335 g/mol. The Morgan fingerprint density at radius 1 is 1.38 bits per heavy atom. The van der Waals surface area contributed by atoms with Gasteiger partial charge in [-0.15, -0.1) is 6.58 Å². The molecule has 2 atom stereocenters. The Labute approximate surface area is 142 Å². The number of carbonyl (C=O) groups excluding carboxylic acids is 1. The van der Waals surface area contributed by atoms with E-state index in [-0.39, 0.29) is 12.5 Å². The summed E-state index contributed by atoms with van der Waals surface area (Å²) in [4.78, 5) is 23.2. The zero-order chi connectivity index (χ0) is 18.1. The minimum Gasteiger partial charge on any atom is -0.493 e. The lowest BCUT2D eigenvalue weighted by molar-refractivity contribution is -0.143. The number of carboxylic acid groups (broad SMARTS) is 1. The predicted molar refractivity (Wildman–Crippen MR) is 91.4 cm³/mol. The van der Waals surface area contributed by atoms with Crippen LogP contribution in [0.3, 0.4) is 0 Å². The van der Waals surface area contributed by atoms with Gasteiger partial charge in [-0.2, -0.15) is 0 Å². The molecule has 1 amide bonds. The molecule has 0 saturated heterocycles. The van der Waals surface area contributed by atoms with Gasteiger partial charge in [0.15, 0.2) is 18.1 Å². The maximum absolute atomic E-state index is 12.0. The number of allylic oxidation sites excluding steroid dienone is 1. The van der Waals surface area contributed by atoms with Crippen LogP contribution < -0.4 is 14.8 Å². The van der Waals surface area contributed by atoms with E-state index in [1.807, 2.05) is 19.1 Å². The molecule has 132 valence electrons. The number of carbonyl (C=O) groups is 2.